The zero-order chi connectivity index (χ0) is 21.0. The largest absolute Gasteiger partial charge is 0.408 e. The summed E-state index contributed by atoms with van der Waals surface area (Å²) in [6, 6.07) is -0.288. The molecule has 0 aromatic carbocycles. The maximum atomic E-state index is 13.8. The number of rotatable bonds is 5. The van der Waals surface area contributed by atoms with E-state index in [1.165, 1.54) is 10.6 Å². The quantitative estimate of drug-likeness (QED) is 0.791. The van der Waals surface area contributed by atoms with Crippen molar-refractivity contribution >= 4 is 11.8 Å². The number of morpholine rings is 1. The molecule has 4 heterocycles. The molecule has 2 fully saturated rings. The number of anilines is 2. The maximum absolute atomic E-state index is 13.8. The third kappa shape index (κ3) is 3.61. The average molecular weight is 416 g/mol. The van der Waals surface area contributed by atoms with Gasteiger partial charge in [-0.2, -0.15) is 18.2 Å². The SMILES string of the molecule is CCC(O)(CC)CN1c2nc(N3CC4CC3CO4)cc(=O)n2CCC1C(F)(F)F. The summed E-state index contributed by atoms with van der Waals surface area (Å²) in [5, 5.41) is 10.8. The Balaban J connectivity index is 1.77. The first kappa shape index (κ1) is 20.5. The van der Waals surface area contributed by atoms with E-state index in [0.717, 1.165) is 11.3 Å². The molecule has 3 aliphatic rings. The van der Waals surface area contributed by atoms with Gasteiger partial charge in [-0.3, -0.25) is 9.36 Å². The lowest BCUT2D eigenvalue weighted by Gasteiger charge is -2.43. The van der Waals surface area contributed by atoms with Crippen molar-refractivity contribution < 1.29 is 23.0 Å². The summed E-state index contributed by atoms with van der Waals surface area (Å²) >= 11 is 0. The first-order valence-electron chi connectivity index (χ1n) is 10.2. The van der Waals surface area contributed by atoms with E-state index in [0.29, 0.717) is 31.8 Å². The van der Waals surface area contributed by atoms with E-state index >= 15 is 0 Å². The van der Waals surface area contributed by atoms with E-state index in [9.17, 15) is 23.1 Å². The summed E-state index contributed by atoms with van der Waals surface area (Å²) in [7, 11) is 0. The number of aliphatic hydroxyl groups is 1. The summed E-state index contributed by atoms with van der Waals surface area (Å²) in [6.45, 7) is 4.33. The fourth-order valence-corrected chi connectivity index (χ4v) is 4.60. The Bertz CT molecular complexity index is 824. The number of halogens is 3. The fourth-order valence-electron chi connectivity index (χ4n) is 4.60. The Hall–Kier alpha value is -1.81. The third-order valence-electron chi connectivity index (χ3n) is 6.59. The lowest BCUT2D eigenvalue weighted by Crippen LogP contribution is -2.57. The molecular formula is C19H27F3N4O3. The highest BCUT2D eigenvalue weighted by molar-refractivity contribution is 5.49. The number of hydrogen-bond donors (Lipinski definition) is 1. The molecule has 2 bridgehead atoms. The monoisotopic (exact) mass is 416 g/mol. The van der Waals surface area contributed by atoms with E-state index < -0.39 is 17.8 Å². The van der Waals surface area contributed by atoms with Crippen molar-refractivity contribution in [2.75, 3.05) is 29.5 Å². The van der Waals surface area contributed by atoms with Gasteiger partial charge in [0.1, 0.15) is 11.9 Å². The second kappa shape index (κ2) is 7.16. The molecule has 3 aliphatic heterocycles. The summed E-state index contributed by atoms with van der Waals surface area (Å²) < 4.78 is 48.4. The summed E-state index contributed by atoms with van der Waals surface area (Å²) in [5.41, 5.74) is -1.66. The van der Waals surface area contributed by atoms with Gasteiger partial charge in [0.25, 0.3) is 5.56 Å². The normalized spacial score (nSPS) is 26.9. The van der Waals surface area contributed by atoms with Gasteiger partial charge in [0.15, 0.2) is 0 Å². The van der Waals surface area contributed by atoms with Crippen LogP contribution in [-0.4, -0.2) is 64.3 Å². The molecule has 0 aliphatic carbocycles. The van der Waals surface area contributed by atoms with E-state index in [1.54, 1.807) is 13.8 Å². The predicted molar refractivity (Wildman–Crippen MR) is 101 cm³/mol. The molecule has 3 atom stereocenters. The first-order valence-corrected chi connectivity index (χ1v) is 10.2. The van der Waals surface area contributed by atoms with Crippen LogP contribution in [0.4, 0.5) is 24.9 Å². The number of nitrogens with zero attached hydrogens (tertiary/aromatic N) is 4. The number of ether oxygens (including phenoxy) is 1. The topological polar surface area (TPSA) is 70.8 Å². The molecule has 1 N–H and O–H groups in total. The molecule has 0 spiro atoms. The van der Waals surface area contributed by atoms with Crippen molar-refractivity contribution in [1.82, 2.24) is 9.55 Å². The van der Waals surface area contributed by atoms with Crippen LogP contribution in [0, 0.1) is 0 Å². The molecule has 0 amide bonds. The molecule has 10 heteroatoms. The van der Waals surface area contributed by atoms with Gasteiger partial charge in [0.2, 0.25) is 5.95 Å². The summed E-state index contributed by atoms with van der Waals surface area (Å²) in [4.78, 5) is 20.3. The van der Waals surface area contributed by atoms with Crippen molar-refractivity contribution in [3.63, 3.8) is 0 Å². The van der Waals surface area contributed by atoms with Gasteiger partial charge in [-0.05, 0) is 25.7 Å². The first-order chi connectivity index (χ1) is 13.6. The van der Waals surface area contributed by atoms with Crippen molar-refractivity contribution in [1.29, 1.82) is 0 Å². The molecule has 1 aromatic rings. The van der Waals surface area contributed by atoms with Gasteiger partial charge in [-0.1, -0.05) is 13.8 Å². The predicted octanol–water partition coefficient (Wildman–Crippen LogP) is 1.91. The second-order valence-electron chi connectivity index (χ2n) is 8.31. The van der Waals surface area contributed by atoms with Crippen LogP contribution in [0.5, 0.6) is 0 Å². The van der Waals surface area contributed by atoms with E-state index in [4.69, 9.17) is 4.74 Å². The van der Waals surface area contributed by atoms with Crippen molar-refractivity contribution in [3.8, 4) is 0 Å². The number of fused-ring (bicyclic) bond motifs is 3. The van der Waals surface area contributed by atoms with Crippen LogP contribution in [0.1, 0.15) is 39.5 Å². The average Bonchev–Trinajstić information content (AvgIpc) is 3.31. The lowest BCUT2D eigenvalue weighted by atomic mass is 9.95. The minimum Gasteiger partial charge on any atom is -0.388 e. The van der Waals surface area contributed by atoms with Crippen molar-refractivity contribution in [3.05, 3.63) is 16.4 Å². The van der Waals surface area contributed by atoms with Gasteiger partial charge in [0, 0.05) is 19.2 Å². The van der Waals surface area contributed by atoms with E-state index in [2.05, 4.69) is 4.98 Å². The molecule has 4 rings (SSSR count). The summed E-state index contributed by atoms with van der Waals surface area (Å²) in [6.07, 6.45) is -3.21. The highest BCUT2D eigenvalue weighted by Crippen LogP contribution is 2.37. The molecule has 0 radical (unpaired) electrons. The van der Waals surface area contributed by atoms with E-state index in [-0.39, 0.29) is 43.2 Å². The van der Waals surface area contributed by atoms with Crippen LogP contribution in [0.3, 0.4) is 0 Å². The van der Waals surface area contributed by atoms with Crippen LogP contribution in [0.15, 0.2) is 10.9 Å². The number of hydrogen-bond acceptors (Lipinski definition) is 6. The number of β-amino-alcohol motifs (C(OH)–C–C–N with tert-alkyl or cyclic N) is 1. The molecule has 29 heavy (non-hydrogen) atoms. The van der Waals surface area contributed by atoms with Crippen LogP contribution in [0.25, 0.3) is 0 Å². The maximum Gasteiger partial charge on any atom is 0.408 e. The summed E-state index contributed by atoms with van der Waals surface area (Å²) in [5.74, 6) is 0.381. The molecule has 0 saturated carbocycles. The molecule has 3 unspecified atom stereocenters. The van der Waals surface area contributed by atoms with Gasteiger partial charge in [-0.15, -0.1) is 0 Å². The number of aromatic nitrogens is 2. The molecule has 7 nitrogen and oxygen atoms in total. The van der Waals surface area contributed by atoms with Gasteiger partial charge in [0.05, 0.1) is 30.9 Å². The van der Waals surface area contributed by atoms with Gasteiger partial charge in [-0.25, -0.2) is 0 Å². The van der Waals surface area contributed by atoms with Crippen molar-refractivity contribution in [2.45, 2.75) is 76.0 Å². The Morgan fingerprint density at radius 1 is 1.31 bits per heavy atom. The van der Waals surface area contributed by atoms with Crippen LogP contribution < -0.4 is 15.4 Å². The Labute approximate surface area is 167 Å². The second-order valence-corrected chi connectivity index (χ2v) is 8.31. The molecule has 1 aromatic heterocycles. The fraction of sp³-hybridized carbons (Fsp3) is 0.789. The molecular weight excluding hydrogens is 389 g/mol. The standard InChI is InChI=1S/C19H27F3N4O3/c1-3-18(28,4-2)11-26-14(19(20,21)22)5-6-24-16(27)8-15(23-17(24)26)25-9-13-7-12(25)10-29-13/h8,12-14,28H,3-7,9-11H2,1-2H3. The third-order valence-corrected chi connectivity index (χ3v) is 6.59. The van der Waals surface area contributed by atoms with Crippen LogP contribution >= 0.6 is 0 Å². The number of alkyl halides is 3. The minimum absolute atomic E-state index is 0.00917. The lowest BCUT2D eigenvalue weighted by molar-refractivity contribution is -0.154. The van der Waals surface area contributed by atoms with E-state index in [1.807, 2.05) is 4.90 Å². The minimum atomic E-state index is -4.48. The van der Waals surface area contributed by atoms with Gasteiger partial charge < -0.3 is 19.6 Å². The highest BCUT2D eigenvalue weighted by atomic mass is 19.4. The highest BCUT2D eigenvalue weighted by Gasteiger charge is 2.49. The Kier molecular flexibility index (Phi) is 5.05. The van der Waals surface area contributed by atoms with Crippen LogP contribution in [0.2, 0.25) is 0 Å². The molecule has 2 saturated heterocycles. The van der Waals surface area contributed by atoms with Crippen molar-refractivity contribution in [2.24, 2.45) is 0 Å². The zero-order valence-corrected chi connectivity index (χ0v) is 16.7. The molecule has 162 valence electrons. The van der Waals surface area contributed by atoms with Crippen LogP contribution in [-0.2, 0) is 11.3 Å². The smallest absolute Gasteiger partial charge is 0.388 e. The Morgan fingerprint density at radius 2 is 2.03 bits per heavy atom. The Morgan fingerprint density at radius 3 is 2.59 bits per heavy atom. The zero-order valence-electron chi connectivity index (χ0n) is 16.7. The van der Waals surface area contributed by atoms with Gasteiger partial charge >= 0.3 is 6.18 Å².